The van der Waals surface area contributed by atoms with E-state index in [2.05, 4.69) is 4.98 Å². The summed E-state index contributed by atoms with van der Waals surface area (Å²) in [6, 6.07) is 1.02. The average Bonchev–Trinajstić information content (AvgIpc) is 2.03. The van der Waals surface area contributed by atoms with E-state index < -0.39 is 17.2 Å². The van der Waals surface area contributed by atoms with Crippen molar-refractivity contribution in [2.75, 3.05) is 5.73 Å². The number of carbonyl (C=O) groups is 1. The molecule has 1 aromatic heterocycles. The first-order valence-electron chi connectivity index (χ1n) is 3.25. The normalized spacial score (nSPS) is 10.5. The first kappa shape index (κ1) is 9.85. The number of aromatic nitrogens is 1. The predicted molar refractivity (Wildman–Crippen MR) is 43.8 cm³/mol. The minimum atomic E-state index is -2.70. The van der Waals surface area contributed by atoms with Gasteiger partial charge in [0.1, 0.15) is 5.69 Å². The van der Waals surface area contributed by atoms with Gasteiger partial charge in [0.05, 0.1) is 5.56 Å². The molecule has 1 aromatic rings. The van der Waals surface area contributed by atoms with E-state index in [0.717, 1.165) is 12.3 Å². The maximum atomic E-state index is 12.1. The Kier molecular flexibility index (Phi) is 2.77. The predicted octanol–water partition coefficient (Wildman–Crippen LogP) is 1.98. The molecular weight excluding hydrogens is 202 g/mol. The van der Waals surface area contributed by atoms with Gasteiger partial charge in [-0.15, -0.1) is 0 Å². The first-order valence-corrected chi connectivity index (χ1v) is 3.63. The summed E-state index contributed by atoms with van der Waals surface area (Å²) in [5.74, 6) is 0. The molecule has 0 aliphatic heterocycles. The van der Waals surface area contributed by atoms with Crippen molar-refractivity contribution in [1.29, 1.82) is 0 Å². The molecule has 0 saturated heterocycles. The monoisotopic (exact) mass is 206 g/mol. The maximum Gasteiger partial charge on any atom is 0.270 e. The largest absolute Gasteiger partial charge is 0.398 e. The van der Waals surface area contributed by atoms with Gasteiger partial charge in [-0.25, -0.2) is 8.78 Å². The first-order chi connectivity index (χ1) is 6.02. The van der Waals surface area contributed by atoms with Crippen molar-refractivity contribution in [3.05, 3.63) is 23.5 Å². The van der Waals surface area contributed by atoms with Crippen LogP contribution in [0.15, 0.2) is 12.3 Å². The van der Waals surface area contributed by atoms with Crippen LogP contribution < -0.4 is 5.73 Å². The fraction of sp³-hybridized carbons (Fsp3) is 0.143. The Bertz CT molecular complexity index is 343. The maximum absolute atomic E-state index is 12.1. The highest BCUT2D eigenvalue weighted by molar-refractivity contribution is 6.67. The van der Waals surface area contributed by atoms with Crippen molar-refractivity contribution < 1.29 is 13.6 Å². The third-order valence-corrected chi connectivity index (χ3v) is 1.60. The Morgan fingerprint density at radius 2 is 2.23 bits per heavy atom. The Labute approximate surface area is 77.5 Å². The molecule has 0 aliphatic rings. The van der Waals surface area contributed by atoms with Gasteiger partial charge in [-0.2, -0.15) is 0 Å². The number of nitrogens with zero attached hydrogens (tertiary/aromatic N) is 1. The summed E-state index contributed by atoms with van der Waals surface area (Å²) < 4.78 is 24.2. The van der Waals surface area contributed by atoms with Crippen LogP contribution in [0.3, 0.4) is 0 Å². The molecule has 3 nitrogen and oxygen atoms in total. The van der Waals surface area contributed by atoms with Gasteiger partial charge in [-0.3, -0.25) is 9.78 Å². The number of halogens is 3. The zero-order valence-corrected chi connectivity index (χ0v) is 7.05. The Balaban J connectivity index is 3.13. The van der Waals surface area contributed by atoms with Gasteiger partial charge in [0.15, 0.2) is 0 Å². The van der Waals surface area contributed by atoms with Crippen LogP contribution >= 0.6 is 11.6 Å². The molecule has 1 rings (SSSR count). The topological polar surface area (TPSA) is 56.0 Å². The quantitative estimate of drug-likeness (QED) is 0.753. The summed E-state index contributed by atoms with van der Waals surface area (Å²) in [5.41, 5.74) is 4.51. The zero-order valence-electron chi connectivity index (χ0n) is 6.30. The number of anilines is 1. The van der Waals surface area contributed by atoms with Crippen molar-refractivity contribution in [3.63, 3.8) is 0 Å². The van der Waals surface area contributed by atoms with E-state index in [1.54, 1.807) is 0 Å². The lowest BCUT2D eigenvalue weighted by Crippen LogP contribution is -2.01. The lowest BCUT2D eigenvalue weighted by atomic mass is 10.2. The van der Waals surface area contributed by atoms with Crippen LogP contribution in [0.2, 0.25) is 0 Å². The van der Waals surface area contributed by atoms with E-state index in [-0.39, 0.29) is 11.4 Å². The van der Waals surface area contributed by atoms with Crippen molar-refractivity contribution in [2.24, 2.45) is 0 Å². The van der Waals surface area contributed by atoms with E-state index in [9.17, 15) is 13.6 Å². The van der Waals surface area contributed by atoms with E-state index in [1.165, 1.54) is 0 Å². The molecule has 0 saturated carbocycles. The number of nitrogens with two attached hydrogens (primary N) is 1. The number of nitrogen functional groups attached to an aromatic ring is 1. The number of alkyl halides is 2. The number of carbonyl (C=O) groups excluding carboxylic acids is 1. The van der Waals surface area contributed by atoms with Gasteiger partial charge >= 0.3 is 0 Å². The van der Waals surface area contributed by atoms with Crippen LogP contribution in [-0.2, 0) is 0 Å². The third kappa shape index (κ3) is 2.12. The van der Waals surface area contributed by atoms with Crippen molar-refractivity contribution in [1.82, 2.24) is 4.98 Å². The molecule has 0 atom stereocenters. The third-order valence-electron chi connectivity index (χ3n) is 1.40. The van der Waals surface area contributed by atoms with Gasteiger partial charge in [0.2, 0.25) is 0 Å². The van der Waals surface area contributed by atoms with Crippen LogP contribution in [0.1, 0.15) is 22.5 Å². The molecule has 0 spiro atoms. The Morgan fingerprint density at radius 1 is 1.62 bits per heavy atom. The smallest absolute Gasteiger partial charge is 0.270 e. The second-order valence-electron chi connectivity index (χ2n) is 2.27. The number of hydrogen-bond donors (Lipinski definition) is 1. The molecule has 2 N–H and O–H groups in total. The van der Waals surface area contributed by atoms with Crippen LogP contribution in [0.5, 0.6) is 0 Å². The summed E-state index contributed by atoms with van der Waals surface area (Å²) >= 11 is 5.06. The number of rotatable bonds is 2. The summed E-state index contributed by atoms with van der Waals surface area (Å²) in [4.78, 5) is 14.0. The van der Waals surface area contributed by atoms with Gasteiger partial charge in [0.25, 0.3) is 11.7 Å². The standard InChI is InChI=1S/C7H5ClF2N2O/c8-6(13)5-1-4(11)3(2-12-5)7(9)10/h1-2,7H,(H2,11,12). The Morgan fingerprint density at radius 3 is 2.62 bits per heavy atom. The number of hydrogen-bond acceptors (Lipinski definition) is 3. The molecule has 70 valence electrons. The highest BCUT2D eigenvalue weighted by Gasteiger charge is 2.13. The highest BCUT2D eigenvalue weighted by Crippen LogP contribution is 2.24. The summed E-state index contributed by atoms with van der Waals surface area (Å²) in [6.45, 7) is 0. The van der Waals surface area contributed by atoms with Crippen LogP contribution in [0, 0.1) is 0 Å². The summed E-state index contributed by atoms with van der Waals surface area (Å²) in [6.07, 6.45) is -1.86. The van der Waals surface area contributed by atoms with Crippen molar-refractivity contribution >= 4 is 22.5 Å². The average molecular weight is 207 g/mol. The van der Waals surface area contributed by atoms with Crippen LogP contribution in [-0.4, -0.2) is 10.2 Å². The molecule has 13 heavy (non-hydrogen) atoms. The molecule has 1 heterocycles. The minimum Gasteiger partial charge on any atom is -0.398 e. The van der Waals surface area contributed by atoms with Crippen molar-refractivity contribution in [3.8, 4) is 0 Å². The molecule has 0 bridgehead atoms. The molecule has 0 fully saturated rings. The molecular formula is C7H5ClF2N2O. The molecule has 6 heteroatoms. The molecule has 0 amide bonds. The lowest BCUT2D eigenvalue weighted by Gasteiger charge is -2.03. The fourth-order valence-electron chi connectivity index (χ4n) is 0.771. The van der Waals surface area contributed by atoms with E-state index in [1.807, 2.05) is 0 Å². The highest BCUT2D eigenvalue weighted by atomic mass is 35.5. The second-order valence-corrected chi connectivity index (χ2v) is 2.62. The molecule has 0 radical (unpaired) electrons. The van der Waals surface area contributed by atoms with E-state index in [4.69, 9.17) is 17.3 Å². The number of pyridine rings is 1. The zero-order chi connectivity index (χ0) is 10.0. The second kappa shape index (κ2) is 3.66. The lowest BCUT2D eigenvalue weighted by molar-refractivity contribution is 0.107. The van der Waals surface area contributed by atoms with Crippen LogP contribution in [0.25, 0.3) is 0 Å². The Hall–Kier alpha value is -1.23. The minimum absolute atomic E-state index is 0.136. The summed E-state index contributed by atoms with van der Waals surface area (Å²) in [5, 5.41) is -0.826. The van der Waals surface area contributed by atoms with Gasteiger partial charge in [0, 0.05) is 11.9 Å². The van der Waals surface area contributed by atoms with Gasteiger partial charge in [-0.1, -0.05) is 0 Å². The van der Waals surface area contributed by atoms with E-state index in [0.29, 0.717) is 0 Å². The van der Waals surface area contributed by atoms with Crippen molar-refractivity contribution in [2.45, 2.75) is 6.43 Å². The molecule has 0 unspecified atom stereocenters. The molecule has 0 aromatic carbocycles. The van der Waals surface area contributed by atoms with E-state index >= 15 is 0 Å². The fourth-order valence-corrected chi connectivity index (χ4v) is 0.875. The SMILES string of the molecule is Nc1cc(C(=O)Cl)ncc1C(F)F. The summed E-state index contributed by atoms with van der Waals surface area (Å²) in [7, 11) is 0. The van der Waals surface area contributed by atoms with Gasteiger partial charge < -0.3 is 5.73 Å². The van der Waals surface area contributed by atoms with Gasteiger partial charge in [-0.05, 0) is 17.7 Å². The molecule has 0 aliphatic carbocycles. The van der Waals surface area contributed by atoms with Crippen LogP contribution in [0.4, 0.5) is 14.5 Å².